The van der Waals surface area contributed by atoms with Gasteiger partial charge in [0.15, 0.2) is 0 Å². The van der Waals surface area contributed by atoms with Gasteiger partial charge in [0.05, 0.1) is 33.8 Å². The van der Waals surface area contributed by atoms with Crippen molar-refractivity contribution in [3.63, 3.8) is 0 Å². The number of thiazole rings is 1. The SMILES string of the molecule is COCc1nc(-c2c(Cl)cccc2Cl)sc1CO. The van der Waals surface area contributed by atoms with Gasteiger partial charge in [-0.05, 0) is 12.1 Å². The van der Waals surface area contributed by atoms with Crippen molar-refractivity contribution in [3.8, 4) is 10.6 Å². The van der Waals surface area contributed by atoms with Crippen LogP contribution in [-0.4, -0.2) is 17.2 Å². The number of nitrogens with zero attached hydrogens (tertiary/aromatic N) is 1. The average Bonchev–Trinajstić information content (AvgIpc) is 2.72. The highest BCUT2D eigenvalue weighted by molar-refractivity contribution is 7.15. The zero-order valence-corrected chi connectivity index (χ0v) is 11.9. The van der Waals surface area contributed by atoms with Crippen LogP contribution < -0.4 is 0 Å². The molecule has 1 N–H and O–H groups in total. The number of halogens is 2. The standard InChI is InChI=1S/C12H11Cl2NO2S/c1-17-6-9-10(5-16)18-12(15-9)11-7(13)3-2-4-8(11)14/h2-4,16H,5-6H2,1H3. The van der Waals surface area contributed by atoms with Crippen molar-refractivity contribution >= 4 is 34.5 Å². The average molecular weight is 304 g/mol. The van der Waals surface area contributed by atoms with Gasteiger partial charge in [0.25, 0.3) is 0 Å². The maximum absolute atomic E-state index is 9.29. The molecular formula is C12H11Cl2NO2S. The molecule has 0 saturated carbocycles. The van der Waals surface area contributed by atoms with Crippen LogP contribution in [0.2, 0.25) is 10.0 Å². The van der Waals surface area contributed by atoms with Crippen LogP contribution >= 0.6 is 34.5 Å². The van der Waals surface area contributed by atoms with E-state index in [2.05, 4.69) is 4.98 Å². The number of hydrogen-bond acceptors (Lipinski definition) is 4. The van der Waals surface area contributed by atoms with E-state index in [0.29, 0.717) is 27.2 Å². The van der Waals surface area contributed by atoms with Crippen LogP contribution in [-0.2, 0) is 18.0 Å². The van der Waals surface area contributed by atoms with E-state index in [1.807, 2.05) is 0 Å². The summed E-state index contributed by atoms with van der Waals surface area (Å²) < 4.78 is 5.05. The molecule has 0 aliphatic carbocycles. The number of hydrogen-bond donors (Lipinski definition) is 1. The summed E-state index contributed by atoms with van der Waals surface area (Å²) in [5.41, 5.74) is 1.42. The Labute approximate surface area is 119 Å². The molecule has 0 amide bonds. The lowest BCUT2D eigenvalue weighted by molar-refractivity contribution is 0.179. The Bertz CT molecular complexity index is 537. The van der Waals surface area contributed by atoms with E-state index < -0.39 is 0 Å². The van der Waals surface area contributed by atoms with Gasteiger partial charge >= 0.3 is 0 Å². The largest absolute Gasteiger partial charge is 0.391 e. The Kier molecular flexibility index (Phi) is 4.59. The minimum Gasteiger partial charge on any atom is -0.391 e. The fourth-order valence-corrected chi connectivity index (χ4v) is 3.25. The highest BCUT2D eigenvalue weighted by atomic mass is 35.5. The minimum atomic E-state index is -0.0710. The molecule has 0 aliphatic heterocycles. The Balaban J connectivity index is 2.51. The van der Waals surface area contributed by atoms with Crippen LogP contribution in [0.5, 0.6) is 0 Å². The van der Waals surface area contributed by atoms with Crippen molar-refractivity contribution in [2.24, 2.45) is 0 Å². The van der Waals surface area contributed by atoms with Crippen LogP contribution in [0, 0.1) is 0 Å². The Morgan fingerprint density at radius 2 is 2.00 bits per heavy atom. The van der Waals surface area contributed by atoms with Crippen LogP contribution in [0.4, 0.5) is 0 Å². The summed E-state index contributed by atoms with van der Waals surface area (Å²) >= 11 is 13.6. The molecule has 18 heavy (non-hydrogen) atoms. The molecule has 0 spiro atoms. The van der Waals surface area contributed by atoms with Crippen molar-refractivity contribution in [2.75, 3.05) is 7.11 Å². The number of aromatic nitrogens is 1. The first-order valence-corrected chi connectivity index (χ1v) is 6.77. The predicted molar refractivity (Wildman–Crippen MR) is 74.2 cm³/mol. The van der Waals surface area contributed by atoms with Crippen LogP contribution in [0.25, 0.3) is 10.6 Å². The number of ether oxygens (including phenoxy) is 1. The second-order valence-corrected chi connectivity index (χ2v) is 5.47. The lowest BCUT2D eigenvalue weighted by Gasteiger charge is -2.02. The van der Waals surface area contributed by atoms with Gasteiger partial charge in [-0.2, -0.15) is 0 Å². The second-order valence-electron chi connectivity index (χ2n) is 3.58. The first kappa shape index (κ1) is 13.8. The first-order valence-electron chi connectivity index (χ1n) is 5.20. The van der Waals surface area contributed by atoms with E-state index in [1.54, 1.807) is 25.3 Å². The predicted octanol–water partition coefficient (Wildman–Crippen LogP) is 3.76. The maximum atomic E-state index is 9.29. The third-order valence-electron chi connectivity index (χ3n) is 2.38. The monoisotopic (exact) mass is 303 g/mol. The zero-order valence-electron chi connectivity index (χ0n) is 9.61. The third kappa shape index (κ3) is 2.68. The van der Waals surface area contributed by atoms with Gasteiger partial charge in [-0.3, -0.25) is 0 Å². The maximum Gasteiger partial charge on any atom is 0.127 e. The molecule has 2 aromatic rings. The summed E-state index contributed by atoms with van der Waals surface area (Å²) in [6, 6.07) is 5.31. The van der Waals surface area contributed by atoms with Crippen molar-refractivity contribution in [2.45, 2.75) is 13.2 Å². The van der Waals surface area contributed by atoms with Gasteiger partial charge in [0.2, 0.25) is 0 Å². The lowest BCUT2D eigenvalue weighted by Crippen LogP contribution is -1.92. The quantitative estimate of drug-likeness (QED) is 0.935. The van der Waals surface area contributed by atoms with E-state index in [4.69, 9.17) is 27.9 Å². The van der Waals surface area contributed by atoms with E-state index in [-0.39, 0.29) is 6.61 Å². The Morgan fingerprint density at radius 1 is 1.33 bits per heavy atom. The Hall–Kier alpha value is -0.650. The van der Waals surface area contributed by atoms with Gasteiger partial charge < -0.3 is 9.84 Å². The van der Waals surface area contributed by atoms with E-state index in [9.17, 15) is 5.11 Å². The summed E-state index contributed by atoms with van der Waals surface area (Å²) in [4.78, 5) is 5.19. The summed E-state index contributed by atoms with van der Waals surface area (Å²) in [5, 5.41) is 11.1. The Morgan fingerprint density at radius 3 is 2.56 bits per heavy atom. The van der Waals surface area contributed by atoms with Crippen molar-refractivity contribution in [1.29, 1.82) is 0 Å². The van der Waals surface area contributed by atoms with E-state index >= 15 is 0 Å². The van der Waals surface area contributed by atoms with Gasteiger partial charge in [-0.25, -0.2) is 4.98 Å². The molecule has 1 aromatic heterocycles. The number of rotatable bonds is 4. The number of aliphatic hydroxyl groups is 1. The molecule has 0 aliphatic rings. The molecule has 1 aromatic carbocycles. The van der Waals surface area contributed by atoms with Gasteiger partial charge in [-0.1, -0.05) is 29.3 Å². The van der Waals surface area contributed by atoms with Crippen LogP contribution in [0.15, 0.2) is 18.2 Å². The normalized spacial score (nSPS) is 10.9. The highest BCUT2D eigenvalue weighted by Gasteiger charge is 2.16. The number of benzene rings is 1. The summed E-state index contributed by atoms with van der Waals surface area (Å²) in [5.74, 6) is 0. The molecule has 96 valence electrons. The molecule has 0 fully saturated rings. The lowest BCUT2D eigenvalue weighted by atomic mass is 10.2. The summed E-state index contributed by atoms with van der Waals surface area (Å²) in [7, 11) is 1.59. The molecule has 1 heterocycles. The molecule has 6 heteroatoms. The molecule has 0 bridgehead atoms. The second kappa shape index (κ2) is 5.99. The molecule has 0 radical (unpaired) electrons. The molecule has 0 atom stereocenters. The topological polar surface area (TPSA) is 42.4 Å². The smallest absolute Gasteiger partial charge is 0.127 e. The first-order chi connectivity index (χ1) is 8.67. The van der Waals surface area contributed by atoms with Crippen molar-refractivity contribution in [1.82, 2.24) is 4.98 Å². The van der Waals surface area contributed by atoms with Gasteiger partial charge in [0, 0.05) is 12.7 Å². The minimum absolute atomic E-state index is 0.0710. The van der Waals surface area contributed by atoms with Crippen LogP contribution in [0.1, 0.15) is 10.6 Å². The third-order valence-corrected chi connectivity index (χ3v) is 4.11. The fraction of sp³-hybridized carbons (Fsp3) is 0.250. The molecule has 0 unspecified atom stereocenters. The molecule has 0 saturated heterocycles. The summed E-state index contributed by atoms with van der Waals surface area (Å²) in [6.07, 6.45) is 0. The van der Waals surface area contributed by atoms with E-state index in [1.165, 1.54) is 11.3 Å². The zero-order chi connectivity index (χ0) is 13.1. The molecule has 3 nitrogen and oxygen atoms in total. The van der Waals surface area contributed by atoms with Crippen LogP contribution in [0.3, 0.4) is 0 Å². The number of aliphatic hydroxyl groups excluding tert-OH is 1. The van der Waals surface area contributed by atoms with Crippen molar-refractivity contribution in [3.05, 3.63) is 38.8 Å². The van der Waals surface area contributed by atoms with Gasteiger partial charge in [-0.15, -0.1) is 11.3 Å². The molecular weight excluding hydrogens is 293 g/mol. The van der Waals surface area contributed by atoms with Crippen molar-refractivity contribution < 1.29 is 9.84 Å². The highest BCUT2D eigenvalue weighted by Crippen LogP contribution is 2.38. The fourth-order valence-electron chi connectivity index (χ4n) is 1.57. The number of methoxy groups -OCH3 is 1. The molecule has 2 rings (SSSR count). The van der Waals surface area contributed by atoms with E-state index in [0.717, 1.165) is 10.6 Å². The van der Waals surface area contributed by atoms with Gasteiger partial charge in [0.1, 0.15) is 5.01 Å². The summed E-state index contributed by atoms with van der Waals surface area (Å²) in [6.45, 7) is 0.285.